The van der Waals surface area contributed by atoms with E-state index < -0.39 is 0 Å². The molecule has 2 N–H and O–H groups in total. The van der Waals surface area contributed by atoms with Gasteiger partial charge in [-0.3, -0.25) is 4.90 Å². The second kappa shape index (κ2) is 5.53. The first-order valence-electron chi connectivity index (χ1n) is 5.85. The molecule has 2 unspecified atom stereocenters. The van der Waals surface area contributed by atoms with E-state index in [0.717, 1.165) is 31.7 Å². The van der Waals surface area contributed by atoms with Gasteiger partial charge in [-0.25, -0.2) is 4.98 Å². The highest BCUT2D eigenvalue weighted by atomic mass is 35.5. The van der Waals surface area contributed by atoms with Crippen LogP contribution in [-0.2, 0) is 6.54 Å². The third kappa shape index (κ3) is 3.32. The quantitative estimate of drug-likeness (QED) is 0.843. The number of nitrogens with two attached hydrogens (primary N) is 1. The number of hydrogen-bond acceptors (Lipinski definition) is 3. The minimum atomic E-state index is 0.238. The number of likely N-dealkylation sites (tertiary alicyclic amines) is 1. The number of halogens is 2. The third-order valence-corrected chi connectivity index (χ3v) is 3.91. The maximum atomic E-state index is 6.10. The van der Waals surface area contributed by atoms with E-state index in [1.165, 1.54) is 0 Å². The van der Waals surface area contributed by atoms with Crippen molar-refractivity contribution in [3.63, 3.8) is 0 Å². The number of nitrogens with zero attached hydrogens (tertiary/aromatic N) is 2. The molecule has 0 spiro atoms. The van der Waals surface area contributed by atoms with Gasteiger partial charge in [0.25, 0.3) is 0 Å². The smallest absolute Gasteiger partial charge is 0.129 e. The Morgan fingerprint density at radius 3 is 2.94 bits per heavy atom. The van der Waals surface area contributed by atoms with Gasteiger partial charge in [0.2, 0.25) is 0 Å². The van der Waals surface area contributed by atoms with E-state index in [2.05, 4.69) is 16.8 Å². The molecule has 2 heterocycles. The SMILES string of the molecule is CC1CCN(Cc2nc(Cl)ccc2Cl)CC1N. The zero-order valence-electron chi connectivity index (χ0n) is 9.87. The van der Waals surface area contributed by atoms with E-state index in [1.807, 2.05) is 0 Å². The molecule has 0 saturated carbocycles. The van der Waals surface area contributed by atoms with Gasteiger partial charge in [-0.05, 0) is 31.0 Å². The predicted molar refractivity (Wildman–Crippen MR) is 71.3 cm³/mol. The van der Waals surface area contributed by atoms with Gasteiger partial charge in [0.15, 0.2) is 0 Å². The molecule has 0 amide bonds. The topological polar surface area (TPSA) is 42.2 Å². The average Bonchev–Trinajstić information content (AvgIpc) is 2.29. The van der Waals surface area contributed by atoms with Crippen LogP contribution in [0.25, 0.3) is 0 Å². The first kappa shape index (κ1) is 13.1. The van der Waals surface area contributed by atoms with Gasteiger partial charge in [0, 0.05) is 19.1 Å². The molecule has 3 nitrogen and oxygen atoms in total. The summed E-state index contributed by atoms with van der Waals surface area (Å²) in [5, 5.41) is 1.15. The number of hydrogen-bond donors (Lipinski definition) is 1. The van der Waals surface area contributed by atoms with E-state index in [9.17, 15) is 0 Å². The Morgan fingerprint density at radius 2 is 2.24 bits per heavy atom. The molecule has 1 aromatic rings. The van der Waals surface area contributed by atoms with Crippen molar-refractivity contribution < 1.29 is 0 Å². The van der Waals surface area contributed by atoms with Crippen molar-refractivity contribution in [3.8, 4) is 0 Å². The Bertz CT molecular complexity index is 397. The fourth-order valence-electron chi connectivity index (χ4n) is 2.09. The van der Waals surface area contributed by atoms with E-state index in [1.54, 1.807) is 12.1 Å². The van der Waals surface area contributed by atoms with Crippen molar-refractivity contribution in [1.82, 2.24) is 9.88 Å². The fraction of sp³-hybridized carbons (Fsp3) is 0.583. The molecule has 1 aromatic heterocycles. The van der Waals surface area contributed by atoms with Crippen LogP contribution in [0.5, 0.6) is 0 Å². The largest absolute Gasteiger partial charge is 0.326 e. The predicted octanol–water partition coefficient (Wildman–Crippen LogP) is 2.56. The number of aromatic nitrogens is 1. The number of rotatable bonds is 2. The Morgan fingerprint density at radius 1 is 1.47 bits per heavy atom. The van der Waals surface area contributed by atoms with Gasteiger partial charge >= 0.3 is 0 Å². The van der Waals surface area contributed by atoms with Crippen molar-refractivity contribution in [3.05, 3.63) is 28.0 Å². The average molecular weight is 274 g/mol. The van der Waals surface area contributed by atoms with E-state index >= 15 is 0 Å². The standard InChI is InChI=1S/C12H17Cl2N3/c1-8-4-5-17(6-10(8)15)7-11-9(13)2-3-12(14)16-11/h2-3,8,10H,4-7,15H2,1H3. The minimum absolute atomic E-state index is 0.238. The molecule has 1 aliphatic rings. The zero-order chi connectivity index (χ0) is 12.4. The van der Waals surface area contributed by atoms with Crippen LogP contribution in [-0.4, -0.2) is 29.0 Å². The minimum Gasteiger partial charge on any atom is -0.326 e. The summed E-state index contributed by atoms with van der Waals surface area (Å²) in [7, 11) is 0. The van der Waals surface area contributed by atoms with Crippen LogP contribution in [0.1, 0.15) is 19.0 Å². The number of pyridine rings is 1. The molecule has 0 radical (unpaired) electrons. The lowest BCUT2D eigenvalue weighted by Crippen LogP contribution is -2.47. The Kier molecular flexibility index (Phi) is 4.26. The number of piperidine rings is 1. The second-order valence-corrected chi connectivity index (χ2v) is 5.52. The summed E-state index contributed by atoms with van der Waals surface area (Å²) >= 11 is 12.0. The molecular formula is C12H17Cl2N3. The molecule has 0 bridgehead atoms. The Balaban J connectivity index is 2.03. The van der Waals surface area contributed by atoms with Gasteiger partial charge in [0.1, 0.15) is 5.15 Å². The summed E-state index contributed by atoms with van der Waals surface area (Å²) in [5.74, 6) is 0.592. The molecular weight excluding hydrogens is 257 g/mol. The Labute approximate surface area is 112 Å². The van der Waals surface area contributed by atoms with Crippen LogP contribution in [0.15, 0.2) is 12.1 Å². The highest BCUT2D eigenvalue weighted by Gasteiger charge is 2.23. The lowest BCUT2D eigenvalue weighted by molar-refractivity contribution is 0.160. The Hall–Kier alpha value is -0.350. The van der Waals surface area contributed by atoms with Crippen molar-refractivity contribution >= 4 is 23.2 Å². The molecule has 0 aromatic carbocycles. The van der Waals surface area contributed by atoms with Crippen molar-refractivity contribution in [2.24, 2.45) is 11.7 Å². The van der Waals surface area contributed by atoms with E-state index in [4.69, 9.17) is 28.9 Å². The van der Waals surface area contributed by atoms with Crippen LogP contribution in [0, 0.1) is 5.92 Å². The van der Waals surface area contributed by atoms with Crippen molar-refractivity contribution in [2.45, 2.75) is 25.9 Å². The van der Waals surface area contributed by atoms with Crippen LogP contribution in [0.3, 0.4) is 0 Å². The van der Waals surface area contributed by atoms with E-state index in [-0.39, 0.29) is 6.04 Å². The highest BCUT2D eigenvalue weighted by molar-refractivity contribution is 6.32. The molecule has 1 fully saturated rings. The molecule has 0 aliphatic carbocycles. The van der Waals surface area contributed by atoms with Crippen LogP contribution in [0.4, 0.5) is 0 Å². The maximum Gasteiger partial charge on any atom is 0.129 e. The molecule has 94 valence electrons. The summed E-state index contributed by atoms with van der Waals surface area (Å²) in [5.41, 5.74) is 6.90. The summed E-state index contributed by atoms with van der Waals surface area (Å²) in [4.78, 5) is 6.55. The summed E-state index contributed by atoms with van der Waals surface area (Å²) in [6.45, 7) is 4.86. The normalized spacial score (nSPS) is 26.1. The van der Waals surface area contributed by atoms with Crippen molar-refractivity contribution in [2.75, 3.05) is 13.1 Å². The molecule has 17 heavy (non-hydrogen) atoms. The zero-order valence-corrected chi connectivity index (χ0v) is 11.4. The molecule has 1 aliphatic heterocycles. The third-order valence-electron chi connectivity index (χ3n) is 3.36. The van der Waals surface area contributed by atoms with Gasteiger partial charge < -0.3 is 5.73 Å². The van der Waals surface area contributed by atoms with Gasteiger partial charge in [-0.2, -0.15) is 0 Å². The molecule has 1 saturated heterocycles. The van der Waals surface area contributed by atoms with Gasteiger partial charge in [-0.1, -0.05) is 30.1 Å². The monoisotopic (exact) mass is 273 g/mol. The first-order valence-corrected chi connectivity index (χ1v) is 6.60. The summed E-state index contributed by atoms with van der Waals surface area (Å²) < 4.78 is 0. The van der Waals surface area contributed by atoms with Crippen LogP contribution >= 0.6 is 23.2 Å². The fourth-order valence-corrected chi connectivity index (χ4v) is 2.42. The van der Waals surface area contributed by atoms with Crippen LogP contribution < -0.4 is 5.73 Å². The van der Waals surface area contributed by atoms with Gasteiger partial charge in [0.05, 0.1) is 10.7 Å². The van der Waals surface area contributed by atoms with Crippen LogP contribution in [0.2, 0.25) is 10.2 Å². The summed E-state index contributed by atoms with van der Waals surface area (Å²) in [6.07, 6.45) is 1.12. The lowest BCUT2D eigenvalue weighted by atomic mass is 9.94. The van der Waals surface area contributed by atoms with Crippen molar-refractivity contribution in [1.29, 1.82) is 0 Å². The lowest BCUT2D eigenvalue weighted by Gasteiger charge is -2.34. The highest BCUT2D eigenvalue weighted by Crippen LogP contribution is 2.21. The molecule has 2 rings (SSSR count). The molecule has 2 atom stereocenters. The van der Waals surface area contributed by atoms with Gasteiger partial charge in [-0.15, -0.1) is 0 Å². The van der Waals surface area contributed by atoms with E-state index in [0.29, 0.717) is 16.1 Å². The second-order valence-electron chi connectivity index (χ2n) is 4.73. The molecule has 5 heteroatoms. The maximum absolute atomic E-state index is 6.10. The first-order chi connectivity index (χ1) is 8.06. The summed E-state index contributed by atoms with van der Waals surface area (Å²) in [6, 6.07) is 3.73.